The molecule has 4 rings (SSSR count). The molecule has 0 aliphatic carbocycles. The van der Waals surface area contributed by atoms with Gasteiger partial charge < -0.3 is 19.3 Å². The molecule has 178 valence electrons. The molecule has 1 saturated heterocycles. The molecule has 1 aromatic heterocycles. The van der Waals surface area contributed by atoms with Crippen molar-refractivity contribution in [3.63, 3.8) is 0 Å². The van der Waals surface area contributed by atoms with E-state index in [0.717, 1.165) is 5.56 Å². The summed E-state index contributed by atoms with van der Waals surface area (Å²) in [6.45, 7) is 6.44. The number of carbonyl (C=O) groups is 2. The summed E-state index contributed by atoms with van der Waals surface area (Å²) in [5, 5.41) is 9.14. The lowest BCUT2D eigenvalue weighted by Gasteiger charge is -2.28. The minimum Gasteiger partial charge on any atom is -0.444 e. The minimum atomic E-state index is -0.634. The SMILES string of the molecule is COC[C@@H]1C[C@@H](N2Cc3ccc(-c4cc(C#N)ccc4F)nc3C2=O)CN1C(=O)OC(C)(C)C. The normalized spacial score (nSPS) is 19.8. The van der Waals surface area contributed by atoms with Crippen molar-refractivity contribution in [3.8, 4) is 17.3 Å². The third-order valence-corrected chi connectivity index (χ3v) is 5.97. The Morgan fingerprint density at radius 3 is 2.74 bits per heavy atom. The molecule has 0 radical (unpaired) electrons. The Balaban J connectivity index is 1.56. The van der Waals surface area contributed by atoms with Gasteiger partial charge in [0.15, 0.2) is 0 Å². The van der Waals surface area contributed by atoms with Crippen LogP contribution in [0.15, 0.2) is 30.3 Å². The van der Waals surface area contributed by atoms with Crippen LogP contribution < -0.4 is 0 Å². The summed E-state index contributed by atoms with van der Waals surface area (Å²) in [6.07, 6.45) is 0.118. The van der Waals surface area contributed by atoms with E-state index in [1.165, 1.54) is 18.2 Å². The number of pyridine rings is 1. The predicted molar refractivity (Wildman–Crippen MR) is 121 cm³/mol. The number of amides is 2. The van der Waals surface area contributed by atoms with Crippen LogP contribution in [-0.4, -0.2) is 64.7 Å². The fourth-order valence-corrected chi connectivity index (χ4v) is 4.44. The van der Waals surface area contributed by atoms with Crippen molar-refractivity contribution < 1.29 is 23.5 Å². The quantitative estimate of drug-likeness (QED) is 0.681. The van der Waals surface area contributed by atoms with Crippen LogP contribution in [0.2, 0.25) is 0 Å². The summed E-state index contributed by atoms with van der Waals surface area (Å²) in [6, 6.07) is 9.01. The van der Waals surface area contributed by atoms with Gasteiger partial charge in [0.05, 0.1) is 36.0 Å². The Bertz CT molecular complexity index is 1170. The van der Waals surface area contributed by atoms with Crippen LogP contribution in [0, 0.1) is 17.1 Å². The highest BCUT2D eigenvalue weighted by Gasteiger charge is 2.44. The second kappa shape index (κ2) is 9.03. The zero-order chi connectivity index (χ0) is 24.6. The number of halogens is 1. The van der Waals surface area contributed by atoms with E-state index < -0.39 is 17.5 Å². The van der Waals surface area contributed by atoms with Gasteiger partial charge in [-0.05, 0) is 51.5 Å². The van der Waals surface area contributed by atoms with E-state index in [1.54, 1.807) is 29.0 Å². The largest absolute Gasteiger partial charge is 0.444 e. The number of likely N-dealkylation sites (tertiary alicyclic amines) is 1. The Kier molecular flexibility index (Phi) is 6.28. The van der Waals surface area contributed by atoms with Gasteiger partial charge in [0.2, 0.25) is 0 Å². The van der Waals surface area contributed by atoms with E-state index in [9.17, 15) is 14.0 Å². The van der Waals surface area contributed by atoms with Crippen molar-refractivity contribution in [1.82, 2.24) is 14.8 Å². The second-order valence-electron chi connectivity index (χ2n) is 9.58. The molecule has 2 atom stereocenters. The molecule has 0 bridgehead atoms. The highest BCUT2D eigenvalue weighted by atomic mass is 19.1. The average Bonchev–Trinajstić information content (AvgIpc) is 3.34. The molecule has 34 heavy (non-hydrogen) atoms. The van der Waals surface area contributed by atoms with E-state index >= 15 is 0 Å². The van der Waals surface area contributed by atoms with Gasteiger partial charge >= 0.3 is 6.09 Å². The number of methoxy groups -OCH3 is 1. The summed E-state index contributed by atoms with van der Waals surface area (Å²) in [5.41, 5.74) is 1.14. The molecule has 3 heterocycles. The number of ether oxygens (including phenoxy) is 2. The Morgan fingerprint density at radius 2 is 2.06 bits per heavy atom. The van der Waals surface area contributed by atoms with Gasteiger partial charge in [-0.25, -0.2) is 14.2 Å². The second-order valence-corrected chi connectivity index (χ2v) is 9.58. The highest BCUT2D eigenvalue weighted by molar-refractivity contribution is 5.97. The summed E-state index contributed by atoms with van der Waals surface area (Å²) < 4.78 is 25.3. The number of hydrogen-bond acceptors (Lipinski definition) is 6. The molecule has 2 aliphatic rings. The summed E-state index contributed by atoms with van der Waals surface area (Å²) in [4.78, 5) is 33.8. The first kappa shape index (κ1) is 23.6. The molecule has 2 aliphatic heterocycles. The fraction of sp³-hybridized carbons (Fsp3) is 0.440. The van der Waals surface area contributed by atoms with Crippen LogP contribution in [-0.2, 0) is 16.0 Å². The molecular formula is C25H27FN4O4. The lowest BCUT2D eigenvalue weighted by molar-refractivity contribution is 0.0140. The van der Waals surface area contributed by atoms with Gasteiger partial charge in [-0.3, -0.25) is 4.79 Å². The van der Waals surface area contributed by atoms with Gasteiger partial charge in [0.25, 0.3) is 5.91 Å². The highest BCUT2D eigenvalue weighted by Crippen LogP contribution is 2.32. The zero-order valence-corrected chi connectivity index (χ0v) is 19.7. The average molecular weight is 467 g/mol. The minimum absolute atomic E-state index is 0.172. The van der Waals surface area contributed by atoms with Gasteiger partial charge in [-0.15, -0.1) is 0 Å². The number of nitrogens with zero attached hydrogens (tertiary/aromatic N) is 4. The fourth-order valence-electron chi connectivity index (χ4n) is 4.44. The van der Waals surface area contributed by atoms with Crippen LogP contribution in [0.1, 0.15) is 48.8 Å². The number of nitriles is 1. The number of rotatable bonds is 4. The molecule has 1 fully saturated rings. The summed E-state index contributed by atoms with van der Waals surface area (Å²) >= 11 is 0. The standard InChI is InChI=1S/C25H27FN4O4/c1-25(2,3)34-24(32)30-13-17(10-18(30)14-33-4)29-12-16-6-8-21(28-22(16)23(29)31)19-9-15(11-27)5-7-20(19)26/h5-9,17-18H,10,12-14H2,1-4H3/t17-,18+/m1/s1. The zero-order valence-electron chi connectivity index (χ0n) is 19.7. The molecule has 2 amide bonds. The molecule has 0 saturated carbocycles. The van der Waals surface area contributed by atoms with Crippen LogP contribution in [0.5, 0.6) is 0 Å². The first-order chi connectivity index (χ1) is 16.1. The van der Waals surface area contributed by atoms with Crippen molar-refractivity contribution in [1.29, 1.82) is 5.26 Å². The van der Waals surface area contributed by atoms with Crippen molar-refractivity contribution >= 4 is 12.0 Å². The maximum Gasteiger partial charge on any atom is 0.410 e. The number of hydrogen-bond donors (Lipinski definition) is 0. The summed E-state index contributed by atoms with van der Waals surface area (Å²) in [5.74, 6) is -0.777. The smallest absolute Gasteiger partial charge is 0.410 e. The lowest BCUT2D eigenvalue weighted by atomic mass is 10.1. The number of aromatic nitrogens is 1. The van der Waals surface area contributed by atoms with Crippen LogP contribution in [0.3, 0.4) is 0 Å². The Labute approximate surface area is 197 Å². The number of benzene rings is 1. The van der Waals surface area contributed by atoms with Gasteiger partial charge in [-0.1, -0.05) is 6.07 Å². The van der Waals surface area contributed by atoms with Crippen LogP contribution >= 0.6 is 0 Å². The van der Waals surface area contributed by atoms with Crippen LogP contribution in [0.4, 0.5) is 9.18 Å². The van der Waals surface area contributed by atoms with E-state index in [0.29, 0.717) is 37.4 Å². The third-order valence-electron chi connectivity index (χ3n) is 5.97. The van der Waals surface area contributed by atoms with Crippen molar-refractivity contribution in [2.45, 2.75) is 51.4 Å². The first-order valence-electron chi connectivity index (χ1n) is 11.1. The molecule has 2 aromatic rings. The molecule has 0 N–H and O–H groups in total. The van der Waals surface area contributed by atoms with E-state index in [1.807, 2.05) is 26.8 Å². The maximum absolute atomic E-state index is 14.4. The number of carbonyl (C=O) groups excluding carboxylic acids is 2. The lowest BCUT2D eigenvalue weighted by Crippen LogP contribution is -2.43. The topological polar surface area (TPSA) is 95.8 Å². The van der Waals surface area contributed by atoms with Gasteiger partial charge in [0, 0.05) is 31.3 Å². The maximum atomic E-state index is 14.4. The van der Waals surface area contributed by atoms with Gasteiger partial charge in [0.1, 0.15) is 17.1 Å². The Morgan fingerprint density at radius 1 is 1.29 bits per heavy atom. The van der Waals surface area contributed by atoms with Crippen molar-refractivity contribution in [2.24, 2.45) is 0 Å². The van der Waals surface area contributed by atoms with Gasteiger partial charge in [-0.2, -0.15) is 5.26 Å². The molecule has 8 nitrogen and oxygen atoms in total. The monoisotopic (exact) mass is 466 g/mol. The molecule has 0 unspecified atom stereocenters. The third kappa shape index (κ3) is 4.59. The Hall–Kier alpha value is -3.51. The first-order valence-corrected chi connectivity index (χ1v) is 11.1. The van der Waals surface area contributed by atoms with Crippen molar-refractivity contribution in [2.75, 3.05) is 20.3 Å². The number of fused-ring (bicyclic) bond motifs is 1. The molecule has 0 spiro atoms. The van der Waals surface area contributed by atoms with E-state index in [2.05, 4.69) is 4.98 Å². The van der Waals surface area contributed by atoms with Crippen molar-refractivity contribution in [3.05, 3.63) is 53.0 Å². The molecule has 9 heteroatoms. The molecular weight excluding hydrogens is 439 g/mol. The predicted octanol–water partition coefficient (Wildman–Crippen LogP) is 3.74. The van der Waals surface area contributed by atoms with E-state index in [-0.39, 0.29) is 29.2 Å². The van der Waals surface area contributed by atoms with E-state index in [4.69, 9.17) is 14.7 Å². The molecule has 1 aromatic carbocycles. The summed E-state index contributed by atoms with van der Waals surface area (Å²) in [7, 11) is 1.57. The van der Waals surface area contributed by atoms with Crippen LogP contribution in [0.25, 0.3) is 11.3 Å².